The molecule has 0 atom stereocenters. The Morgan fingerprint density at radius 2 is 1.82 bits per heavy atom. The number of sulfonamides is 1. The third-order valence-corrected chi connectivity index (χ3v) is 4.75. The van der Waals surface area contributed by atoms with E-state index < -0.39 is 10.0 Å². The standard InChI is InChI=1S/C11H12N2O3S/c14-11(12-4-5-12)9-2-1-3-10(8-9)17(15,16)13-6-7-13/h1-3,8H,4-7H2. The summed E-state index contributed by atoms with van der Waals surface area (Å²) in [6, 6.07) is 6.27. The van der Waals surface area contributed by atoms with Crippen LogP contribution in [-0.2, 0) is 10.0 Å². The normalized spacial score (nSPS) is 19.2. The molecule has 2 aliphatic heterocycles. The number of nitrogens with zero attached hydrogens (tertiary/aromatic N) is 2. The van der Waals surface area contributed by atoms with Crippen LogP contribution in [-0.4, -0.2) is 49.7 Å². The van der Waals surface area contributed by atoms with Gasteiger partial charge in [-0.25, -0.2) is 8.42 Å². The summed E-state index contributed by atoms with van der Waals surface area (Å²) in [5, 5.41) is 0. The van der Waals surface area contributed by atoms with Gasteiger partial charge >= 0.3 is 0 Å². The molecule has 0 aromatic heterocycles. The third kappa shape index (κ3) is 1.94. The lowest BCUT2D eigenvalue weighted by atomic mass is 10.2. The lowest BCUT2D eigenvalue weighted by Gasteiger charge is -2.06. The zero-order valence-corrected chi connectivity index (χ0v) is 9.98. The van der Waals surface area contributed by atoms with Gasteiger partial charge in [0.25, 0.3) is 5.91 Å². The van der Waals surface area contributed by atoms with Crippen LogP contribution in [0, 0.1) is 0 Å². The van der Waals surface area contributed by atoms with Crippen molar-refractivity contribution in [3.63, 3.8) is 0 Å². The minimum Gasteiger partial charge on any atom is -0.335 e. The maximum Gasteiger partial charge on any atom is 0.254 e. The molecule has 1 amide bonds. The summed E-state index contributed by atoms with van der Waals surface area (Å²) in [6.07, 6.45) is 0. The summed E-state index contributed by atoms with van der Waals surface area (Å²) in [6.45, 7) is 2.68. The highest BCUT2D eigenvalue weighted by molar-refractivity contribution is 7.89. The van der Waals surface area contributed by atoms with Crippen LogP contribution >= 0.6 is 0 Å². The van der Waals surface area contributed by atoms with E-state index in [0.29, 0.717) is 18.7 Å². The van der Waals surface area contributed by atoms with Crippen molar-refractivity contribution in [1.29, 1.82) is 0 Å². The molecule has 0 aliphatic carbocycles. The van der Waals surface area contributed by atoms with Crippen molar-refractivity contribution in [2.24, 2.45) is 0 Å². The van der Waals surface area contributed by atoms with Gasteiger partial charge in [0.1, 0.15) is 0 Å². The first-order valence-corrected chi connectivity index (χ1v) is 6.92. The topological polar surface area (TPSA) is 57.2 Å². The summed E-state index contributed by atoms with van der Waals surface area (Å²) in [7, 11) is -3.36. The van der Waals surface area contributed by atoms with E-state index in [4.69, 9.17) is 0 Å². The van der Waals surface area contributed by atoms with Crippen LogP contribution in [0.5, 0.6) is 0 Å². The SMILES string of the molecule is O=C(c1cccc(S(=O)(=O)N2CC2)c1)N1CC1. The zero-order chi connectivity index (χ0) is 12.0. The molecule has 0 N–H and O–H groups in total. The molecule has 90 valence electrons. The van der Waals surface area contributed by atoms with Crippen LogP contribution in [0.15, 0.2) is 29.2 Å². The minimum absolute atomic E-state index is 0.0900. The van der Waals surface area contributed by atoms with E-state index in [1.807, 2.05) is 0 Å². The molecule has 2 aliphatic rings. The predicted molar refractivity (Wildman–Crippen MR) is 61.1 cm³/mol. The van der Waals surface area contributed by atoms with Crippen LogP contribution in [0.4, 0.5) is 0 Å². The molecule has 17 heavy (non-hydrogen) atoms. The van der Waals surface area contributed by atoms with E-state index >= 15 is 0 Å². The molecule has 2 fully saturated rings. The molecular formula is C11H12N2O3S. The average Bonchev–Trinajstić information content (AvgIpc) is 3.20. The van der Waals surface area contributed by atoms with Crippen LogP contribution < -0.4 is 0 Å². The second-order valence-corrected chi connectivity index (χ2v) is 6.16. The lowest BCUT2D eigenvalue weighted by Crippen LogP contribution is -2.14. The van der Waals surface area contributed by atoms with Gasteiger partial charge in [-0.05, 0) is 18.2 Å². The molecular weight excluding hydrogens is 240 g/mol. The Morgan fingerprint density at radius 3 is 2.41 bits per heavy atom. The summed E-state index contributed by atoms with van der Waals surface area (Å²) in [4.78, 5) is 13.7. The van der Waals surface area contributed by atoms with Crippen molar-refractivity contribution < 1.29 is 13.2 Å². The monoisotopic (exact) mass is 252 g/mol. The summed E-state index contributed by atoms with van der Waals surface area (Å²) in [5.41, 5.74) is 0.449. The van der Waals surface area contributed by atoms with Gasteiger partial charge < -0.3 is 4.90 Å². The highest BCUT2D eigenvalue weighted by Crippen LogP contribution is 2.23. The first kappa shape index (κ1) is 10.7. The molecule has 3 rings (SSSR count). The molecule has 0 bridgehead atoms. The average molecular weight is 252 g/mol. The Bertz CT molecular complexity index is 574. The molecule has 2 heterocycles. The molecule has 2 saturated heterocycles. The smallest absolute Gasteiger partial charge is 0.254 e. The van der Waals surface area contributed by atoms with Gasteiger partial charge in [0, 0.05) is 31.7 Å². The molecule has 0 radical (unpaired) electrons. The Morgan fingerprint density at radius 1 is 1.12 bits per heavy atom. The van der Waals surface area contributed by atoms with Crippen molar-refractivity contribution in [2.75, 3.05) is 26.2 Å². The van der Waals surface area contributed by atoms with E-state index in [-0.39, 0.29) is 10.8 Å². The van der Waals surface area contributed by atoms with Gasteiger partial charge in [-0.3, -0.25) is 4.79 Å². The van der Waals surface area contributed by atoms with E-state index in [9.17, 15) is 13.2 Å². The fourth-order valence-corrected chi connectivity index (χ4v) is 3.04. The quantitative estimate of drug-likeness (QED) is 0.719. The van der Waals surface area contributed by atoms with Crippen LogP contribution in [0.2, 0.25) is 0 Å². The number of carbonyl (C=O) groups is 1. The highest BCUT2D eigenvalue weighted by Gasteiger charge is 2.34. The maximum absolute atomic E-state index is 12.0. The van der Waals surface area contributed by atoms with Crippen molar-refractivity contribution >= 4 is 15.9 Å². The Balaban J connectivity index is 1.95. The van der Waals surface area contributed by atoms with Crippen LogP contribution in [0.25, 0.3) is 0 Å². The predicted octanol–water partition coefficient (Wildman–Crippen LogP) is 0.147. The molecule has 0 spiro atoms. The second kappa shape index (κ2) is 3.54. The number of hydrogen-bond donors (Lipinski definition) is 0. The fourth-order valence-electron chi connectivity index (χ4n) is 1.66. The van der Waals surface area contributed by atoms with Gasteiger partial charge in [-0.2, -0.15) is 4.31 Å². The summed E-state index contributed by atoms with van der Waals surface area (Å²) >= 11 is 0. The van der Waals surface area contributed by atoms with Crippen LogP contribution in [0.3, 0.4) is 0 Å². The van der Waals surface area contributed by atoms with Crippen molar-refractivity contribution in [2.45, 2.75) is 4.90 Å². The second-order valence-electron chi connectivity index (χ2n) is 4.22. The Labute approximate surface area is 99.7 Å². The van der Waals surface area contributed by atoms with Gasteiger partial charge in [0.2, 0.25) is 10.0 Å². The highest BCUT2D eigenvalue weighted by atomic mass is 32.2. The fraction of sp³-hybridized carbons (Fsp3) is 0.364. The minimum atomic E-state index is -3.36. The number of hydrogen-bond acceptors (Lipinski definition) is 3. The first-order chi connectivity index (χ1) is 8.09. The van der Waals surface area contributed by atoms with Crippen molar-refractivity contribution in [1.82, 2.24) is 9.21 Å². The van der Waals surface area contributed by atoms with Gasteiger partial charge in [0.15, 0.2) is 0 Å². The number of rotatable bonds is 3. The zero-order valence-electron chi connectivity index (χ0n) is 9.17. The molecule has 0 unspecified atom stereocenters. The first-order valence-electron chi connectivity index (χ1n) is 5.48. The molecule has 5 nitrogen and oxygen atoms in total. The summed E-state index contributed by atoms with van der Waals surface area (Å²) in [5.74, 6) is -0.0900. The lowest BCUT2D eigenvalue weighted by molar-refractivity contribution is 0.0885. The number of carbonyl (C=O) groups excluding carboxylic acids is 1. The van der Waals surface area contributed by atoms with E-state index in [2.05, 4.69) is 0 Å². The van der Waals surface area contributed by atoms with Gasteiger partial charge in [-0.1, -0.05) is 6.07 Å². The maximum atomic E-state index is 12.0. The van der Waals surface area contributed by atoms with Gasteiger partial charge in [-0.15, -0.1) is 0 Å². The molecule has 1 aromatic rings. The van der Waals surface area contributed by atoms with Crippen molar-refractivity contribution in [3.8, 4) is 0 Å². The molecule has 1 aromatic carbocycles. The summed E-state index contributed by atoms with van der Waals surface area (Å²) < 4.78 is 25.3. The van der Waals surface area contributed by atoms with Crippen molar-refractivity contribution in [3.05, 3.63) is 29.8 Å². The molecule has 0 saturated carbocycles. The number of amides is 1. The Hall–Kier alpha value is -1.40. The largest absolute Gasteiger partial charge is 0.335 e. The third-order valence-electron chi connectivity index (χ3n) is 2.86. The van der Waals surface area contributed by atoms with Crippen LogP contribution in [0.1, 0.15) is 10.4 Å². The van der Waals surface area contributed by atoms with E-state index in [1.165, 1.54) is 16.4 Å². The molecule has 6 heteroatoms. The Kier molecular flexibility index (Phi) is 2.24. The van der Waals surface area contributed by atoms with E-state index in [0.717, 1.165) is 13.1 Å². The number of benzene rings is 1. The van der Waals surface area contributed by atoms with E-state index in [1.54, 1.807) is 17.0 Å². The van der Waals surface area contributed by atoms with Gasteiger partial charge in [0.05, 0.1) is 4.90 Å².